The van der Waals surface area contributed by atoms with Crippen molar-refractivity contribution in [3.63, 3.8) is 0 Å². The van der Waals surface area contributed by atoms with Crippen molar-refractivity contribution in [2.45, 2.75) is 39.7 Å². The van der Waals surface area contributed by atoms with Crippen LogP contribution in [0, 0.1) is 13.8 Å². The Kier molecular flexibility index (Phi) is 8.09. The molecule has 13 heteroatoms. The highest BCUT2D eigenvalue weighted by molar-refractivity contribution is 6.04. The van der Waals surface area contributed by atoms with Gasteiger partial charge in [0.05, 0.1) is 11.1 Å². The number of hydrogen-bond acceptors (Lipinski definition) is 10. The number of benzene rings is 1. The first-order valence-corrected chi connectivity index (χ1v) is 13.3. The summed E-state index contributed by atoms with van der Waals surface area (Å²) in [6.07, 6.45) is 6.24. The van der Waals surface area contributed by atoms with Gasteiger partial charge in [0, 0.05) is 42.4 Å². The van der Waals surface area contributed by atoms with Crippen LogP contribution in [0.2, 0.25) is 0 Å². The normalized spacial score (nSPS) is 12.5. The predicted molar refractivity (Wildman–Crippen MR) is 150 cm³/mol. The summed E-state index contributed by atoms with van der Waals surface area (Å²) in [7, 11) is 0. The number of nitrogens with one attached hydrogen (secondary N) is 2. The summed E-state index contributed by atoms with van der Waals surface area (Å²) in [4.78, 5) is 60.3. The van der Waals surface area contributed by atoms with Gasteiger partial charge in [-0.05, 0) is 69.0 Å². The van der Waals surface area contributed by atoms with Crippen molar-refractivity contribution < 1.29 is 28.7 Å². The third kappa shape index (κ3) is 5.89. The second-order valence-electron chi connectivity index (χ2n) is 9.69. The van der Waals surface area contributed by atoms with E-state index in [1.54, 1.807) is 35.0 Å². The van der Waals surface area contributed by atoms with E-state index < -0.39 is 24.8 Å². The molecule has 2 N–H and O–H groups in total. The molecule has 3 amide bonds. The molecule has 0 saturated heterocycles. The molecule has 1 fully saturated rings. The van der Waals surface area contributed by atoms with Crippen molar-refractivity contribution in [1.29, 1.82) is 0 Å². The number of ether oxygens (including phenoxy) is 2. The quantitative estimate of drug-likeness (QED) is 0.224. The number of esters is 1. The predicted octanol–water partition coefficient (Wildman–Crippen LogP) is 3.79. The molecule has 13 nitrogen and oxygen atoms in total. The van der Waals surface area contributed by atoms with E-state index in [-0.39, 0.29) is 23.1 Å². The Balaban J connectivity index is 1.33. The lowest BCUT2D eigenvalue weighted by atomic mass is 10.1. The minimum absolute atomic E-state index is 0.208. The number of anilines is 2. The lowest BCUT2D eigenvalue weighted by molar-refractivity contribution is -0.0111. The molecule has 1 aliphatic rings. The number of carbonyl (C=O) groups is 4. The molecule has 0 atom stereocenters. The zero-order valence-electron chi connectivity index (χ0n) is 23.3. The second kappa shape index (κ2) is 12.0. The van der Waals surface area contributed by atoms with Gasteiger partial charge in [-0.2, -0.15) is 5.10 Å². The maximum Gasteiger partial charge on any atom is 0.419 e. The lowest BCUT2D eigenvalue weighted by Gasteiger charge is -2.20. The molecule has 3 aromatic heterocycles. The van der Waals surface area contributed by atoms with Gasteiger partial charge < -0.3 is 20.1 Å². The van der Waals surface area contributed by atoms with E-state index in [0.29, 0.717) is 47.5 Å². The Morgan fingerprint density at radius 3 is 2.62 bits per heavy atom. The van der Waals surface area contributed by atoms with Gasteiger partial charge in [-0.15, -0.1) is 0 Å². The van der Waals surface area contributed by atoms with E-state index in [2.05, 4.69) is 25.7 Å². The number of hydrogen-bond donors (Lipinski definition) is 2. The SMILES string of the molecule is CCNC(=O)c1cn2ncnc(Nc3cc(C(=O)N(C(=O)OCOC(=O)c4cccnc4)C4CC4)ccc3C)c2c1C. The Morgan fingerprint density at radius 1 is 1.10 bits per heavy atom. The van der Waals surface area contributed by atoms with Crippen LogP contribution < -0.4 is 10.6 Å². The van der Waals surface area contributed by atoms with Gasteiger partial charge in [-0.1, -0.05) is 6.07 Å². The van der Waals surface area contributed by atoms with Gasteiger partial charge in [0.2, 0.25) is 6.79 Å². The molecule has 1 saturated carbocycles. The largest absolute Gasteiger partial charge is 0.424 e. The van der Waals surface area contributed by atoms with Gasteiger partial charge in [-0.25, -0.2) is 24.0 Å². The maximum atomic E-state index is 13.5. The smallest absolute Gasteiger partial charge is 0.419 e. The maximum absolute atomic E-state index is 13.5. The van der Waals surface area contributed by atoms with E-state index in [9.17, 15) is 19.2 Å². The number of nitrogens with zero attached hydrogens (tertiary/aromatic N) is 5. The van der Waals surface area contributed by atoms with E-state index in [4.69, 9.17) is 9.47 Å². The zero-order chi connectivity index (χ0) is 29.8. The fraction of sp³-hybridized carbons (Fsp3) is 0.276. The number of carbonyl (C=O) groups excluding carboxylic acids is 4. The molecule has 0 aliphatic heterocycles. The first-order valence-electron chi connectivity index (χ1n) is 13.3. The highest BCUT2D eigenvalue weighted by Crippen LogP contribution is 2.31. The topological polar surface area (TPSA) is 157 Å². The summed E-state index contributed by atoms with van der Waals surface area (Å²) in [6, 6.07) is 7.80. The molecule has 0 spiro atoms. The number of aromatic nitrogens is 4. The van der Waals surface area contributed by atoms with Crippen LogP contribution in [0.1, 0.15) is 62.0 Å². The zero-order valence-corrected chi connectivity index (χ0v) is 23.3. The van der Waals surface area contributed by atoms with Crippen LogP contribution in [0.4, 0.5) is 16.3 Å². The van der Waals surface area contributed by atoms with E-state index in [1.807, 2.05) is 20.8 Å². The van der Waals surface area contributed by atoms with Crippen LogP contribution >= 0.6 is 0 Å². The summed E-state index contributed by atoms with van der Waals surface area (Å²) >= 11 is 0. The minimum Gasteiger partial charge on any atom is -0.424 e. The monoisotopic (exact) mass is 571 g/mol. The summed E-state index contributed by atoms with van der Waals surface area (Å²) in [5, 5.41) is 10.3. The van der Waals surface area contributed by atoms with Crippen molar-refractivity contribution in [2.75, 3.05) is 18.7 Å². The Labute approximate surface area is 240 Å². The van der Waals surface area contributed by atoms with Crippen LogP contribution in [0.3, 0.4) is 0 Å². The molecule has 0 unspecified atom stereocenters. The Morgan fingerprint density at radius 2 is 1.90 bits per heavy atom. The van der Waals surface area contributed by atoms with Crippen molar-refractivity contribution in [1.82, 2.24) is 29.8 Å². The second-order valence-corrected chi connectivity index (χ2v) is 9.69. The molecule has 3 heterocycles. The highest BCUT2D eigenvalue weighted by Gasteiger charge is 2.39. The third-order valence-corrected chi connectivity index (χ3v) is 6.74. The molecule has 0 bridgehead atoms. The standard InChI is InChI=1S/C29H29N7O6/c1-4-31-26(37)22-14-35-24(18(22)3)25(32-15-33-35)34-23-12-19(8-7-17(23)2)27(38)36(21-9-10-21)29(40)42-16-41-28(39)20-6-5-11-30-13-20/h5-8,11-15,21H,4,9-10,16H2,1-3H3,(H,31,37)(H,32,33,34). The fourth-order valence-corrected chi connectivity index (χ4v) is 4.39. The first-order chi connectivity index (χ1) is 20.3. The van der Waals surface area contributed by atoms with Crippen LogP contribution in [0.15, 0.2) is 55.2 Å². The van der Waals surface area contributed by atoms with Crippen molar-refractivity contribution in [3.8, 4) is 0 Å². The molecular formula is C29H29N7O6. The Bertz CT molecular complexity index is 1670. The van der Waals surface area contributed by atoms with E-state index in [1.165, 1.54) is 24.8 Å². The number of aryl methyl sites for hydroxylation is 2. The van der Waals surface area contributed by atoms with Gasteiger partial charge in [0.25, 0.3) is 11.8 Å². The summed E-state index contributed by atoms with van der Waals surface area (Å²) in [5.41, 5.74) is 3.64. The molecular weight excluding hydrogens is 542 g/mol. The Hall–Kier alpha value is -5.33. The minimum atomic E-state index is -0.907. The number of pyridine rings is 1. The van der Waals surface area contributed by atoms with Crippen molar-refractivity contribution in [2.24, 2.45) is 0 Å². The number of rotatable bonds is 9. The average molecular weight is 572 g/mol. The van der Waals surface area contributed by atoms with Gasteiger partial charge in [-0.3, -0.25) is 14.6 Å². The van der Waals surface area contributed by atoms with Gasteiger partial charge >= 0.3 is 12.1 Å². The van der Waals surface area contributed by atoms with Gasteiger partial charge in [0.15, 0.2) is 5.82 Å². The average Bonchev–Trinajstić information content (AvgIpc) is 3.76. The summed E-state index contributed by atoms with van der Waals surface area (Å²) in [6.45, 7) is 5.36. The van der Waals surface area contributed by atoms with Crippen LogP contribution in [0.25, 0.3) is 5.52 Å². The molecule has 5 rings (SSSR count). The molecule has 42 heavy (non-hydrogen) atoms. The number of amides is 3. The number of imide groups is 1. The van der Waals surface area contributed by atoms with E-state index in [0.717, 1.165) is 10.5 Å². The van der Waals surface area contributed by atoms with Crippen LogP contribution in [0.5, 0.6) is 0 Å². The molecule has 0 radical (unpaired) electrons. The molecule has 1 aromatic carbocycles. The highest BCUT2D eigenvalue weighted by atomic mass is 16.7. The molecule has 1 aliphatic carbocycles. The first kappa shape index (κ1) is 28.2. The van der Waals surface area contributed by atoms with Crippen molar-refractivity contribution in [3.05, 3.63) is 83.1 Å². The fourth-order valence-electron chi connectivity index (χ4n) is 4.39. The van der Waals surface area contributed by atoms with Gasteiger partial charge in [0.1, 0.15) is 11.8 Å². The van der Waals surface area contributed by atoms with E-state index >= 15 is 0 Å². The number of fused-ring (bicyclic) bond motifs is 1. The summed E-state index contributed by atoms with van der Waals surface area (Å²) in [5.74, 6) is -1.02. The molecule has 216 valence electrons. The van der Waals surface area contributed by atoms with Crippen molar-refractivity contribution >= 4 is 40.9 Å². The summed E-state index contributed by atoms with van der Waals surface area (Å²) < 4.78 is 11.7. The van der Waals surface area contributed by atoms with Crippen LogP contribution in [-0.2, 0) is 9.47 Å². The van der Waals surface area contributed by atoms with Crippen LogP contribution in [-0.4, -0.2) is 67.7 Å². The molecule has 4 aromatic rings. The third-order valence-electron chi connectivity index (χ3n) is 6.74. The lowest BCUT2D eigenvalue weighted by Crippen LogP contribution is -2.39.